The summed E-state index contributed by atoms with van der Waals surface area (Å²) in [6, 6.07) is 14.5. The molecule has 25 heavy (non-hydrogen) atoms. The molecule has 6 heteroatoms. The summed E-state index contributed by atoms with van der Waals surface area (Å²) in [4.78, 5) is 2.40. The van der Waals surface area contributed by atoms with Crippen LogP contribution in [0, 0.1) is 6.92 Å². The number of hydrogen-bond donors (Lipinski definition) is 1. The summed E-state index contributed by atoms with van der Waals surface area (Å²) in [6.45, 7) is 3.77. The third-order valence-corrected chi connectivity index (χ3v) is 5.54. The summed E-state index contributed by atoms with van der Waals surface area (Å²) >= 11 is 0. The predicted octanol–water partition coefficient (Wildman–Crippen LogP) is 3.31. The monoisotopic (exact) mass is 357 g/mol. The van der Waals surface area contributed by atoms with E-state index in [1.165, 1.54) is 0 Å². The average Bonchev–Trinajstić information content (AvgIpc) is 2.95. The van der Waals surface area contributed by atoms with E-state index in [0.717, 1.165) is 29.6 Å². The molecule has 1 heterocycles. The summed E-state index contributed by atoms with van der Waals surface area (Å²) in [5.74, 6) is 0. The number of aryl methyl sites for hydroxylation is 1. The fourth-order valence-electron chi connectivity index (χ4n) is 2.70. The molecular formula is C19H23N3O2S. The average molecular weight is 357 g/mol. The van der Waals surface area contributed by atoms with Gasteiger partial charge in [-0.25, -0.2) is 8.42 Å². The van der Waals surface area contributed by atoms with E-state index in [9.17, 15) is 8.42 Å². The van der Waals surface area contributed by atoms with Gasteiger partial charge in [0.05, 0.1) is 4.90 Å². The number of likely N-dealkylation sites (N-methyl/N-ethyl adjacent to an activating group) is 1. The fourth-order valence-corrected chi connectivity index (χ4v) is 3.75. The van der Waals surface area contributed by atoms with E-state index in [2.05, 4.69) is 14.2 Å². The first kappa shape index (κ1) is 17.5. The van der Waals surface area contributed by atoms with Crippen molar-refractivity contribution >= 4 is 26.6 Å². The second kappa shape index (κ2) is 6.90. The van der Waals surface area contributed by atoms with Gasteiger partial charge in [-0.05, 0) is 57.4 Å². The van der Waals surface area contributed by atoms with Crippen molar-refractivity contribution in [1.82, 2.24) is 9.47 Å². The van der Waals surface area contributed by atoms with Crippen LogP contribution in [0.5, 0.6) is 0 Å². The minimum Gasteiger partial charge on any atom is -0.346 e. The Morgan fingerprint density at radius 1 is 1.04 bits per heavy atom. The second-order valence-corrected chi connectivity index (χ2v) is 8.19. The largest absolute Gasteiger partial charge is 0.346 e. The maximum absolute atomic E-state index is 12.5. The first-order valence-corrected chi connectivity index (χ1v) is 9.66. The van der Waals surface area contributed by atoms with E-state index in [4.69, 9.17) is 0 Å². The molecule has 0 saturated heterocycles. The van der Waals surface area contributed by atoms with Gasteiger partial charge >= 0.3 is 0 Å². The summed E-state index contributed by atoms with van der Waals surface area (Å²) in [7, 11) is 0.514. The number of fused-ring (bicyclic) bond motifs is 1. The minimum atomic E-state index is -3.58. The molecule has 0 aliphatic carbocycles. The molecule has 1 N–H and O–H groups in total. The standard InChI is InChI=1S/C19H23N3O2S/c1-15-4-7-18(8-5-15)25(23,24)20-17-6-9-19-16(14-17)10-11-22(19)13-12-21(2)3/h4-11,14,20H,12-13H2,1-3H3. The van der Waals surface area contributed by atoms with E-state index in [0.29, 0.717) is 5.69 Å². The Balaban J connectivity index is 1.83. The summed E-state index contributed by atoms with van der Waals surface area (Å²) in [5.41, 5.74) is 2.69. The summed E-state index contributed by atoms with van der Waals surface area (Å²) in [5, 5.41) is 1.02. The quantitative estimate of drug-likeness (QED) is 0.736. The van der Waals surface area contributed by atoms with Crippen molar-refractivity contribution in [1.29, 1.82) is 0 Å². The molecule has 5 nitrogen and oxygen atoms in total. The van der Waals surface area contributed by atoms with Crippen LogP contribution in [0.4, 0.5) is 5.69 Å². The second-order valence-electron chi connectivity index (χ2n) is 6.50. The maximum atomic E-state index is 12.5. The number of rotatable bonds is 6. The van der Waals surface area contributed by atoms with Crippen molar-refractivity contribution in [3.05, 3.63) is 60.3 Å². The van der Waals surface area contributed by atoms with Crippen molar-refractivity contribution in [3.63, 3.8) is 0 Å². The van der Waals surface area contributed by atoms with E-state index < -0.39 is 10.0 Å². The van der Waals surface area contributed by atoms with Gasteiger partial charge in [0.2, 0.25) is 0 Å². The molecule has 3 rings (SSSR count). The molecule has 3 aromatic rings. The van der Waals surface area contributed by atoms with Gasteiger partial charge in [-0.1, -0.05) is 17.7 Å². The molecule has 132 valence electrons. The van der Waals surface area contributed by atoms with Crippen LogP contribution < -0.4 is 4.72 Å². The van der Waals surface area contributed by atoms with Crippen LogP contribution in [-0.4, -0.2) is 38.5 Å². The highest BCUT2D eigenvalue weighted by Crippen LogP contribution is 2.23. The van der Waals surface area contributed by atoms with Gasteiger partial charge in [-0.2, -0.15) is 0 Å². The van der Waals surface area contributed by atoms with Crippen LogP contribution in [-0.2, 0) is 16.6 Å². The van der Waals surface area contributed by atoms with Crippen molar-refractivity contribution in [2.75, 3.05) is 25.4 Å². The minimum absolute atomic E-state index is 0.266. The molecule has 0 fully saturated rings. The number of benzene rings is 2. The number of sulfonamides is 1. The van der Waals surface area contributed by atoms with Crippen LogP contribution in [0.2, 0.25) is 0 Å². The van der Waals surface area contributed by atoms with Gasteiger partial charge in [-0.3, -0.25) is 4.72 Å². The highest BCUT2D eigenvalue weighted by molar-refractivity contribution is 7.92. The third-order valence-electron chi connectivity index (χ3n) is 4.14. The lowest BCUT2D eigenvalue weighted by Gasteiger charge is -2.12. The first-order valence-electron chi connectivity index (χ1n) is 8.18. The highest BCUT2D eigenvalue weighted by atomic mass is 32.2. The van der Waals surface area contributed by atoms with Crippen molar-refractivity contribution < 1.29 is 8.42 Å². The Labute approximate surface area is 148 Å². The lowest BCUT2D eigenvalue weighted by atomic mass is 10.2. The molecule has 0 aliphatic rings. The number of nitrogens with one attached hydrogen (secondary N) is 1. The molecule has 0 spiro atoms. The Kier molecular flexibility index (Phi) is 4.83. The van der Waals surface area contributed by atoms with E-state index in [1.54, 1.807) is 30.3 Å². The van der Waals surface area contributed by atoms with E-state index in [-0.39, 0.29) is 4.90 Å². The highest BCUT2D eigenvalue weighted by Gasteiger charge is 2.14. The molecule has 0 saturated carbocycles. The SMILES string of the molecule is Cc1ccc(S(=O)(=O)Nc2ccc3c(ccn3CCN(C)C)c2)cc1. The first-order chi connectivity index (χ1) is 11.8. The van der Waals surface area contributed by atoms with Gasteiger partial charge < -0.3 is 9.47 Å². The van der Waals surface area contributed by atoms with Crippen LogP contribution in [0.3, 0.4) is 0 Å². The predicted molar refractivity (Wildman–Crippen MR) is 102 cm³/mol. The normalized spacial score (nSPS) is 12.0. The summed E-state index contributed by atoms with van der Waals surface area (Å²) in [6.07, 6.45) is 2.03. The molecule has 0 aliphatic heterocycles. The molecule has 0 unspecified atom stereocenters. The van der Waals surface area contributed by atoms with Crippen molar-refractivity contribution in [2.24, 2.45) is 0 Å². The lowest BCUT2D eigenvalue weighted by molar-refractivity contribution is 0.387. The van der Waals surface area contributed by atoms with Crippen molar-refractivity contribution in [2.45, 2.75) is 18.4 Å². The zero-order chi connectivity index (χ0) is 18.0. The molecule has 1 aromatic heterocycles. The van der Waals surface area contributed by atoms with Crippen molar-refractivity contribution in [3.8, 4) is 0 Å². The Morgan fingerprint density at radius 3 is 2.44 bits per heavy atom. The molecule has 0 bridgehead atoms. The van der Waals surface area contributed by atoms with Gasteiger partial charge in [0.1, 0.15) is 0 Å². The number of aromatic nitrogens is 1. The zero-order valence-electron chi connectivity index (χ0n) is 14.7. The number of hydrogen-bond acceptors (Lipinski definition) is 3. The molecule has 0 atom stereocenters. The maximum Gasteiger partial charge on any atom is 0.261 e. The number of anilines is 1. The molecular weight excluding hydrogens is 334 g/mol. The van der Waals surface area contributed by atoms with Crippen LogP contribution >= 0.6 is 0 Å². The topological polar surface area (TPSA) is 54.3 Å². The summed E-state index contributed by atoms with van der Waals surface area (Å²) < 4.78 is 29.9. The van der Waals surface area contributed by atoms with Gasteiger partial charge in [0, 0.05) is 35.9 Å². The Hall–Kier alpha value is -2.31. The van der Waals surface area contributed by atoms with Crippen LogP contribution in [0.1, 0.15) is 5.56 Å². The van der Waals surface area contributed by atoms with Gasteiger partial charge in [0.25, 0.3) is 10.0 Å². The van der Waals surface area contributed by atoms with Crippen LogP contribution in [0.25, 0.3) is 10.9 Å². The molecule has 2 aromatic carbocycles. The van der Waals surface area contributed by atoms with Gasteiger partial charge in [0.15, 0.2) is 0 Å². The van der Waals surface area contributed by atoms with Gasteiger partial charge in [-0.15, -0.1) is 0 Å². The molecule has 0 radical (unpaired) electrons. The van der Waals surface area contributed by atoms with E-state index in [1.807, 2.05) is 45.4 Å². The van der Waals surface area contributed by atoms with E-state index >= 15 is 0 Å². The smallest absolute Gasteiger partial charge is 0.261 e. The molecule has 0 amide bonds. The Morgan fingerprint density at radius 2 is 1.76 bits per heavy atom. The fraction of sp³-hybridized carbons (Fsp3) is 0.263. The third kappa shape index (κ3) is 4.03. The number of nitrogens with zero attached hydrogens (tertiary/aromatic N) is 2. The lowest BCUT2D eigenvalue weighted by Crippen LogP contribution is -2.17. The Bertz CT molecular complexity index is 974. The zero-order valence-corrected chi connectivity index (χ0v) is 15.5. The van der Waals surface area contributed by atoms with Crippen LogP contribution in [0.15, 0.2) is 59.6 Å².